The summed E-state index contributed by atoms with van der Waals surface area (Å²) in [5.41, 5.74) is 0. The van der Waals surface area contributed by atoms with Crippen molar-refractivity contribution in [2.24, 2.45) is 0 Å². The molecule has 1 fully saturated rings. The van der Waals surface area contributed by atoms with Gasteiger partial charge >= 0.3 is 6.18 Å². The lowest BCUT2D eigenvalue weighted by molar-refractivity contribution is -0.182. The Hall–Kier alpha value is -0.410. The highest BCUT2D eigenvalue weighted by atomic mass is 19.4. The zero-order chi connectivity index (χ0) is 14.8. The van der Waals surface area contributed by atoms with E-state index in [9.17, 15) is 13.2 Å². The SMILES string of the molecule is COCCOC(COCC(F)(F)F)CN1CCOCC1. The van der Waals surface area contributed by atoms with Gasteiger partial charge in [0.15, 0.2) is 0 Å². The maximum Gasteiger partial charge on any atom is 0.411 e. The molecule has 1 atom stereocenters. The first-order valence-corrected chi connectivity index (χ1v) is 6.56. The van der Waals surface area contributed by atoms with Crippen LogP contribution < -0.4 is 0 Å². The molecule has 5 nitrogen and oxygen atoms in total. The Morgan fingerprint density at radius 3 is 2.50 bits per heavy atom. The van der Waals surface area contributed by atoms with E-state index in [1.165, 1.54) is 0 Å². The van der Waals surface area contributed by atoms with E-state index >= 15 is 0 Å². The van der Waals surface area contributed by atoms with Crippen LogP contribution in [0.1, 0.15) is 0 Å². The van der Waals surface area contributed by atoms with Crippen molar-refractivity contribution in [2.75, 3.05) is 66.4 Å². The summed E-state index contributed by atoms with van der Waals surface area (Å²) in [5, 5.41) is 0. The molecule has 0 bridgehead atoms. The van der Waals surface area contributed by atoms with E-state index in [4.69, 9.17) is 14.2 Å². The maximum atomic E-state index is 12.1. The fourth-order valence-electron chi connectivity index (χ4n) is 1.83. The Bertz CT molecular complexity index is 247. The van der Waals surface area contributed by atoms with E-state index in [2.05, 4.69) is 9.64 Å². The lowest BCUT2D eigenvalue weighted by Gasteiger charge is -2.30. The van der Waals surface area contributed by atoms with Gasteiger partial charge in [0.2, 0.25) is 0 Å². The first-order valence-electron chi connectivity index (χ1n) is 6.56. The van der Waals surface area contributed by atoms with Crippen LogP contribution in [0.5, 0.6) is 0 Å². The second-order valence-electron chi connectivity index (χ2n) is 4.53. The van der Waals surface area contributed by atoms with E-state index < -0.39 is 18.9 Å². The number of hydrogen-bond donors (Lipinski definition) is 0. The summed E-state index contributed by atoms with van der Waals surface area (Å²) in [6.07, 6.45) is -4.71. The van der Waals surface area contributed by atoms with Crippen molar-refractivity contribution >= 4 is 0 Å². The topological polar surface area (TPSA) is 40.2 Å². The maximum absolute atomic E-state index is 12.1. The molecule has 0 aliphatic carbocycles. The van der Waals surface area contributed by atoms with Gasteiger partial charge in [0.1, 0.15) is 6.61 Å². The Morgan fingerprint density at radius 1 is 1.20 bits per heavy atom. The minimum absolute atomic E-state index is 0.0828. The van der Waals surface area contributed by atoms with Gasteiger partial charge in [0, 0.05) is 26.7 Å². The van der Waals surface area contributed by atoms with Crippen molar-refractivity contribution in [3.05, 3.63) is 0 Å². The molecule has 0 radical (unpaired) electrons. The molecular weight excluding hydrogens is 279 g/mol. The molecule has 0 aromatic heterocycles. The van der Waals surface area contributed by atoms with Crippen molar-refractivity contribution in [2.45, 2.75) is 12.3 Å². The van der Waals surface area contributed by atoms with Crippen LogP contribution in [0, 0.1) is 0 Å². The van der Waals surface area contributed by atoms with Gasteiger partial charge < -0.3 is 18.9 Å². The van der Waals surface area contributed by atoms with Crippen molar-refractivity contribution in [3.8, 4) is 0 Å². The molecule has 1 aliphatic heterocycles. The number of halogens is 3. The highest BCUT2D eigenvalue weighted by Crippen LogP contribution is 2.15. The fourth-order valence-corrected chi connectivity index (χ4v) is 1.83. The molecule has 120 valence electrons. The average molecular weight is 301 g/mol. The molecule has 0 aromatic rings. The third-order valence-corrected chi connectivity index (χ3v) is 2.78. The Balaban J connectivity index is 2.29. The predicted molar refractivity (Wildman–Crippen MR) is 65.7 cm³/mol. The number of ether oxygens (including phenoxy) is 4. The van der Waals surface area contributed by atoms with Crippen LogP contribution in [0.4, 0.5) is 13.2 Å². The number of methoxy groups -OCH3 is 1. The van der Waals surface area contributed by atoms with Crippen LogP contribution in [0.2, 0.25) is 0 Å². The van der Waals surface area contributed by atoms with E-state index in [0.717, 1.165) is 13.1 Å². The van der Waals surface area contributed by atoms with Gasteiger partial charge in [0.25, 0.3) is 0 Å². The molecule has 0 spiro atoms. The minimum Gasteiger partial charge on any atom is -0.382 e. The highest BCUT2D eigenvalue weighted by molar-refractivity contribution is 4.69. The van der Waals surface area contributed by atoms with Gasteiger partial charge in [-0.3, -0.25) is 4.90 Å². The molecule has 1 rings (SSSR count). The van der Waals surface area contributed by atoms with E-state index in [1.54, 1.807) is 7.11 Å². The van der Waals surface area contributed by atoms with Gasteiger partial charge in [-0.2, -0.15) is 13.2 Å². The Kier molecular flexibility index (Phi) is 8.39. The van der Waals surface area contributed by atoms with Crippen LogP contribution in [0.3, 0.4) is 0 Å². The third kappa shape index (κ3) is 8.70. The standard InChI is InChI=1S/C12H22F3NO4/c1-17-6-7-20-11(9-19-10-12(13,14)15)8-16-2-4-18-5-3-16/h11H,2-10H2,1H3. The number of nitrogens with zero attached hydrogens (tertiary/aromatic N) is 1. The third-order valence-electron chi connectivity index (χ3n) is 2.78. The molecule has 20 heavy (non-hydrogen) atoms. The van der Waals surface area contributed by atoms with Gasteiger partial charge in [-0.05, 0) is 0 Å². The van der Waals surface area contributed by atoms with Gasteiger partial charge in [-0.15, -0.1) is 0 Å². The summed E-state index contributed by atoms with van der Waals surface area (Å²) in [7, 11) is 1.54. The van der Waals surface area contributed by atoms with E-state index in [0.29, 0.717) is 33.0 Å². The number of morpholine rings is 1. The summed E-state index contributed by atoms with van der Waals surface area (Å²) in [6, 6.07) is 0. The Morgan fingerprint density at radius 2 is 1.90 bits per heavy atom. The predicted octanol–water partition coefficient (Wildman–Crippen LogP) is 0.929. The molecule has 8 heteroatoms. The van der Waals surface area contributed by atoms with Crippen LogP contribution in [0.15, 0.2) is 0 Å². The minimum atomic E-state index is -4.31. The van der Waals surface area contributed by atoms with Crippen LogP contribution in [-0.2, 0) is 18.9 Å². The molecule has 1 heterocycles. The van der Waals surface area contributed by atoms with Gasteiger partial charge in [-0.1, -0.05) is 0 Å². The number of hydrogen-bond acceptors (Lipinski definition) is 5. The van der Waals surface area contributed by atoms with Gasteiger partial charge in [0.05, 0.1) is 39.1 Å². The lowest BCUT2D eigenvalue weighted by atomic mass is 10.3. The van der Waals surface area contributed by atoms with Crippen LogP contribution in [-0.4, -0.2) is 83.6 Å². The first kappa shape index (κ1) is 17.6. The van der Waals surface area contributed by atoms with Gasteiger partial charge in [-0.25, -0.2) is 0 Å². The second kappa shape index (κ2) is 9.51. The summed E-state index contributed by atoms with van der Waals surface area (Å²) in [5.74, 6) is 0. The monoisotopic (exact) mass is 301 g/mol. The fraction of sp³-hybridized carbons (Fsp3) is 1.00. The largest absolute Gasteiger partial charge is 0.411 e. The molecule has 0 N–H and O–H groups in total. The second-order valence-corrected chi connectivity index (χ2v) is 4.53. The smallest absolute Gasteiger partial charge is 0.382 e. The molecule has 0 saturated carbocycles. The van der Waals surface area contributed by atoms with Crippen molar-refractivity contribution in [1.82, 2.24) is 4.90 Å². The molecule has 0 amide bonds. The molecule has 1 saturated heterocycles. The van der Waals surface area contributed by atoms with Crippen molar-refractivity contribution in [1.29, 1.82) is 0 Å². The quantitative estimate of drug-likeness (QED) is 0.593. The zero-order valence-corrected chi connectivity index (χ0v) is 11.7. The first-order chi connectivity index (χ1) is 9.51. The number of alkyl halides is 3. The molecule has 1 aliphatic rings. The van der Waals surface area contributed by atoms with Crippen molar-refractivity contribution < 1.29 is 32.1 Å². The van der Waals surface area contributed by atoms with E-state index in [-0.39, 0.29) is 6.61 Å². The average Bonchev–Trinajstić information content (AvgIpc) is 2.38. The lowest BCUT2D eigenvalue weighted by Crippen LogP contribution is -2.43. The zero-order valence-electron chi connectivity index (χ0n) is 11.7. The van der Waals surface area contributed by atoms with Crippen LogP contribution in [0.25, 0.3) is 0 Å². The summed E-state index contributed by atoms with van der Waals surface area (Å²) in [6.45, 7) is 2.71. The normalized spacial score (nSPS) is 19.2. The van der Waals surface area contributed by atoms with Crippen molar-refractivity contribution in [3.63, 3.8) is 0 Å². The summed E-state index contributed by atoms with van der Waals surface area (Å²) in [4.78, 5) is 2.10. The molecule has 1 unspecified atom stereocenters. The summed E-state index contributed by atoms with van der Waals surface area (Å²) < 4.78 is 56.4. The number of rotatable bonds is 9. The van der Waals surface area contributed by atoms with Crippen LogP contribution >= 0.6 is 0 Å². The summed E-state index contributed by atoms with van der Waals surface area (Å²) >= 11 is 0. The highest BCUT2D eigenvalue weighted by Gasteiger charge is 2.28. The van der Waals surface area contributed by atoms with E-state index in [1.807, 2.05) is 0 Å². The Labute approximate surface area is 116 Å². The molecule has 0 aromatic carbocycles. The molecular formula is C12H22F3NO4.